The molecule has 0 aliphatic rings. The van der Waals surface area contributed by atoms with Crippen molar-refractivity contribution in [3.05, 3.63) is 58.4 Å². The highest BCUT2D eigenvalue weighted by Gasteiger charge is 2.08. The van der Waals surface area contributed by atoms with Crippen LogP contribution in [0, 0.1) is 13.8 Å². The van der Waals surface area contributed by atoms with Crippen LogP contribution in [0.1, 0.15) is 28.5 Å². The minimum atomic E-state index is 0.284. The van der Waals surface area contributed by atoms with Crippen molar-refractivity contribution in [2.45, 2.75) is 26.8 Å². The van der Waals surface area contributed by atoms with Gasteiger partial charge in [0.25, 0.3) is 0 Å². The largest absolute Gasteiger partial charge is 0.376 e. The van der Waals surface area contributed by atoms with Crippen molar-refractivity contribution >= 4 is 17.0 Å². The van der Waals surface area contributed by atoms with E-state index in [1.54, 1.807) is 6.20 Å². The summed E-state index contributed by atoms with van der Waals surface area (Å²) in [6, 6.07) is 8.67. The molecule has 0 aliphatic heterocycles. The minimum Gasteiger partial charge on any atom is -0.376 e. The topological polar surface area (TPSA) is 42.7 Å². The van der Waals surface area contributed by atoms with E-state index in [4.69, 9.17) is 0 Å². The lowest BCUT2D eigenvalue weighted by molar-refractivity contribution is 0.898. The molecule has 3 rings (SSSR count). The number of rotatable bonds is 4. The first-order chi connectivity index (χ1) is 10.1. The van der Waals surface area contributed by atoms with Gasteiger partial charge in [-0.25, -0.2) is 9.97 Å². The van der Waals surface area contributed by atoms with Crippen LogP contribution in [0.2, 0.25) is 0 Å². The van der Waals surface area contributed by atoms with E-state index in [1.165, 1.54) is 9.75 Å². The zero-order valence-corrected chi connectivity index (χ0v) is 13.2. The van der Waals surface area contributed by atoms with Gasteiger partial charge in [0, 0.05) is 22.1 Å². The standard InChI is InChI=1S/C16H18N4S/c1-11-4-6-15(21-11)12(2)19-14-5-7-16(18-10-14)20-9-8-17-13(20)3/h4-10,12,19H,1-3H3. The van der Waals surface area contributed by atoms with Crippen LogP contribution in [0.5, 0.6) is 0 Å². The van der Waals surface area contributed by atoms with Gasteiger partial charge in [-0.3, -0.25) is 4.57 Å². The van der Waals surface area contributed by atoms with Gasteiger partial charge in [-0.2, -0.15) is 0 Å². The predicted molar refractivity (Wildman–Crippen MR) is 87.2 cm³/mol. The van der Waals surface area contributed by atoms with E-state index >= 15 is 0 Å². The Labute approximate surface area is 128 Å². The van der Waals surface area contributed by atoms with Gasteiger partial charge in [-0.15, -0.1) is 11.3 Å². The Bertz CT molecular complexity index is 727. The number of aryl methyl sites for hydroxylation is 2. The van der Waals surface area contributed by atoms with Crippen LogP contribution < -0.4 is 5.32 Å². The molecule has 0 aromatic carbocycles. The van der Waals surface area contributed by atoms with Crippen molar-refractivity contribution < 1.29 is 0 Å². The third-order valence-electron chi connectivity index (χ3n) is 3.39. The molecule has 0 spiro atoms. The van der Waals surface area contributed by atoms with Crippen molar-refractivity contribution in [1.29, 1.82) is 0 Å². The fourth-order valence-corrected chi connectivity index (χ4v) is 3.12. The molecule has 0 saturated carbocycles. The Morgan fingerprint density at radius 1 is 1.14 bits per heavy atom. The van der Waals surface area contributed by atoms with E-state index in [0.717, 1.165) is 17.3 Å². The van der Waals surface area contributed by atoms with E-state index in [9.17, 15) is 0 Å². The second-order valence-electron chi connectivity index (χ2n) is 5.06. The Balaban J connectivity index is 1.74. The molecule has 0 fully saturated rings. The third-order valence-corrected chi connectivity index (χ3v) is 4.57. The van der Waals surface area contributed by atoms with E-state index < -0.39 is 0 Å². The molecular formula is C16H18N4S. The summed E-state index contributed by atoms with van der Waals surface area (Å²) >= 11 is 1.82. The van der Waals surface area contributed by atoms with Crippen LogP contribution >= 0.6 is 11.3 Å². The van der Waals surface area contributed by atoms with Gasteiger partial charge in [-0.05, 0) is 45.0 Å². The number of hydrogen-bond acceptors (Lipinski definition) is 4. The molecule has 3 aromatic rings. The van der Waals surface area contributed by atoms with Gasteiger partial charge < -0.3 is 5.32 Å². The van der Waals surface area contributed by atoms with E-state index in [2.05, 4.69) is 47.3 Å². The normalized spacial score (nSPS) is 12.3. The molecule has 0 radical (unpaired) electrons. The quantitative estimate of drug-likeness (QED) is 0.788. The van der Waals surface area contributed by atoms with Crippen LogP contribution in [0.15, 0.2) is 42.9 Å². The van der Waals surface area contributed by atoms with Crippen molar-refractivity contribution in [2.24, 2.45) is 0 Å². The summed E-state index contributed by atoms with van der Waals surface area (Å²) in [5.74, 6) is 1.82. The van der Waals surface area contributed by atoms with Crippen molar-refractivity contribution in [3.63, 3.8) is 0 Å². The molecule has 5 heteroatoms. The van der Waals surface area contributed by atoms with Crippen molar-refractivity contribution in [2.75, 3.05) is 5.32 Å². The third kappa shape index (κ3) is 2.97. The fraction of sp³-hybridized carbons (Fsp3) is 0.250. The summed E-state index contributed by atoms with van der Waals surface area (Å²) in [5, 5.41) is 3.48. The lowest BCUT2D eigenvalue weighted by Crippen LogP contribution is -2.06. The van der Waals surface area contributed by atoms with Gasteiger partial charge in [0.2, 0.25) is 0 Å². The Kier molecular flexibility index (Phi) is 3.75. The highest BCUT2D eigenvalue weighted by molar-refractivity contribution is 7.12. The highest BCUT2D eigenvalue weighted by atomic mass is 32.1. The fourth-order valence-electron chi connectivity index (χ4n) is 2.24. The first-order valence-corrected chi connectivity index (χ1v) is 7.74. The number of imidazole rings is 1. The number of nitrogens with zero attached hydrogens (tertiary/aromatic N) is 3. The molecule has 0 aliphatic carbocycles. The summed E-state index contributed by atoms with van der Waals surface area (Å²) in [6.45, 7) is 6.26. The second-order valence-corrected chi connectivity index (χ2v) is 6.38. The van der Waals surface area contributed by atoms with Crippen LogP contribution in [0.25, 0.3) is 5.82 Å². The van der Waals surface area contributed by atoms with Gasteiger partial charge in [0.1, 0.15) is 11.6 Å². The molecule has 0 bridgehead atoms. The van der Waals surface area contributed by atoms with Gasteiger partial charge >= 0.3 is 0 Å². The van der Waals surface area contributed by atoms with E-state index in [-0.39, 0.29) is 6.04 Å². The number of pyridine rings is 1. The lowest BCUT2D eigenvalue weighted by atomic mass is 10.2. The molecule has 3 aromatic heterocycles. The summed E-state index contributed by atoms with van der Waals surface area (Å²) in [6.07, 6.45) is 5.57. The van der Waals surface area contributed by atoms with Gasteiger partial charge in [0.05, 0.1) is 17.9 Å². The maximum atomic E-state index is 4.50. The first kappa shape index (κ1) is 13.8. The SMILES string of the molecule is Cc1ccc(C(C)Nc2ccc(-n3ccnc3C)nc2)s1. The second kappa shape index (κ2) is 5.69. The number of thiophene rings is 1. The van der Waals surface area contributed by atoms with Gasteiger partial charge in [0.15, 0.2) is 0 Å². The monoisotopic (exact) mass is 298 g/mol. The Morgan fingerprint density at radius 3 is 2.57 bits per heavy atom. The molecule has 108 valence electrons. The van der Waals surface area contributed by atoms with Crippen LogP contribution in [0.4, 0.5) is 5.69 Å². The zero-order valence-electron chi connectivity index (χ0n) is 12.4. The zero-order chi connectivity index (χ0) is 14.8. The summed E-state index contributed by atoms with van der Waals surface area (Å²) in [5.41, 5.74) is 1.02. The minimum absolute atomic E-state index is 0.284. The first-order valence-electron chi connectivity index (χ1n) is 6.93. The van der Waals surface area contributed by atoms with Crippen LogP contribution in [-0.4, -0.2) is 14.5 Å². The number of hydrogen-bond donors (Lipinski definition) is 1. The molecule has 21 heavy (non-hydrogen) atoms. The molecule has 0 amide bonds. The molecule has 1 atom stereocenters. The Morgan fingerprint density at radius 2 is 2.00 bits per heavy atom. The van der Waals surface area contributed by atoms with Crippen LogP contribution in [-0.2, 0) is 0 Å². The van der Waals surface area contributed by atoms with Crippen molar-refractivity contribution in [1.82, 2.24) is 14.5 Å². The Hall–Kier alpha value is -2.14. The smallest absolute Gasteiger partial charge is 0.138 e. The molecule has 1 unspecified atom stereocenters. The average Bonchev–Trinajstić information content (AvgIpc) is 3.08. The lowest BCUT2D eigenvalue weighted by Gasteiger charge is -2.14. The molecular weight excluding hydrogens is 280 g/mol. The summed E-state index contributed by atoms with van der Waals surface area (Å²) in [4.78, 5) is 11.4. The number of anilines is 1. The number of nitrogens with one attached hydrogen (secondary N) is 1. The van der Waals surface area contributed by atoms with Crippen LogP contribution in [0.3, 0.4) is 0 Å². The predicted octanol–water partition coefficient (Wildman–Crippen LogP) is 4.12. The maximum Gasteiger partial charge on any atom is 0.138 e. The molecule has 0 saturated heterocycles. The van der Waals surface area contributed by atoms with E-state index in [0.29, 0.717) is 0 Å². The molecule has 3 heterocycles. The summed E-state index contributed by atoms with van der Waals surface area (Å²) < 4.78 is 1.97. The van der Waals surface area contributed by atoms with Gasteiger partial charge in [-0.1, -0.05) is 0 Å². The maximum absolute atomic E-state index is 4.50. The molecule has 1 N–H and O–H groups in total. The molecule has 4 nitrogen and oxygen atoms in total. The van der Waals surface area contributed by atoms with E-state index in [1.807, 2.05) is 41.3 Å². The highest BCUT2D eigenvalue weighted by Crippen LogP contribution is 2.25. The summed E-state index contributed by atoms with van der Waals surface area (Å²) in [7, 11) is 0. The average molecular weight is 298 g/mol. The van der Waals surface area contributed by atoms with Crippen molar-refractivity contribution in [3.8, 4) is 5.82 Å². The number of aromatic nitrogens is 3.